The third-order valence-electron chi connectivity index (χ3n) is 3.57. The summed E-state index contributed by atoms with van der Waals surface area (Å²) < 4.78 is 5.12. The Labute approximate surface area is 102 Å². The van der Waals surface area contributed by atoms with E-state index in [2.05, 4.69) is 30.0 Å². The summed E-state index contributed by atoms with van der Waals surface area (Å²) in [5.41, 5.74) is 5.74. The number of hydrogen-bond donors (Lipinski definition) is 0. The molecule has 1 aromatic heterocycles. The molecule has 0 atom stereocenters. The molecule has 2 nitrogen and oxygen atoms in total. The summed E-state index contributed by atoms with van der Waals surface area (Å²) in [6.45, 7) is 5.40. The van der Waals surface area contributed by atoms with Crippen molar-refractivity contribution >= 4 is 0 Å². The number of hydrogen-bond acceptors (Lipinski definition) is 2. The van der Waals surface area contributed by atoms with Crippen LogP contribution >= 0.6 is 0 Å². The van der Waals surface area contributed by atoms with Crippen molar-refractivity contribution in [3.8, 4) is 0 Å². The Hall–Kier alpha value is -1.54. The normalized spacial score (nSPS) is 15.8. The highest BCUT2D eigenvalue weighted by molar-refractivity contribution is 5.36. The zero-order chi connectivity index (χ0) is 11.7. The van der Waals surface area contributed by atoms with Crippen molar-refractivity contribution < 1.29 is 4.42 Å². The molecule has 0 aliphatic carbocycles. The number of aryl methyl sites for hydroxylation is 1. The van der Waals surface area contributed by atoms with Crippen LogP contribution in [0.15, 0.2) is 41.2 Å². The highest BCUT2D eigenvalue weighted by Crippen LogP contribution is 2.23. The highest BCUT2D eigenvalue weighted by atomic mass is 16.3. The largest absolute Gasteiger partial charge is 0.472 e. The summed E-state index contributed by atoms with van der Waals surface area (Å²) in [5, 5.41) is 0. The Morgan fingerprint density at radius 1 is 1.29 bits per heavy atom. The summed E-state index contributed by atoms with van der Waals surface area (Å²) in [6.07, 6.45) is 4.75. The molecule has 1 aliphatic heterocycles. The average Bonchev–Trinajstić information content (AvgIpc) is 2.82. The lowest BCUT2D eigenvalue weighted by atomic mass is 9.95. The molecule has 3 rings (SSSR count). The van der Waals surface area contributed by atoms with Gasteiger partial charge in [-0.15, -0.1) is 0 Å². The Morgan fingerprint density at radius 3 is 3.06 bits per heavy atom. The molecule has 0 amide bonds. The summed E-state index contributed by atoms with van der Waals surface area (Å²) in [7, 11) is 0. The predicted molar refractivity (Wildman–Crippen MR) is 67.7 cm³/mol. The van der Waals surface area contributed by atoms with Gasteiger partial charge in [0.25, 0.3) is 0 Å². The minimum atomic E-state index is 0.990. The smallest absolute Gasteiger partial charge is 0.0947 e. The van der Waals surface area contributed by atoms with Crippen molar-refractivity contribution in [2.24, 2.45) is 0 Å². The second kappa shape index (κ2) is 4.38. The Balaban J connectivity index is 1.77. The minimum absolute atomic E-state index is 0.990. The molecule has 0 spiro atoms. The van der Waals surface area contributed by atoms with Crippen molar-refractivity contribution in [3.05, 3.63) is 59.0 Å². The average molecular weight is 227 g/mol. The van der Waals surface area contributed by atoms with Crippen LogP contribution in [0.4, 0.5) is 0 Å². The van der Waals surface area contributed by atoms with E-state index in [1.54, 1.807) is 11.8 Å². The van der Waals surface area contributed by atoms with Crippen molar-refractivity contribution in [3.63, 3.8) is 0 Å². The summed E-state index contributed by atoms with van der Waals surface area (Å²) >= 11 is 0. The molecule has 2 heteroatoms. The first-order valence-electron chi connectivity index (χ1n) is 6.14. The van der Waals surface area contributed by atoms with Gasteiger partial charge in [-0.25, -0.2) is 0 Å². The van der Waals surface area contributed by atoms with E-state index in [4.69, 9.17) is 4.42 Å². The van der Waals surface area contributed by atoms with Crippen LogP contribution in [0, 0.1) is 6.92 Å². The quantitative estimate of drug-likeness (QED) is 0.783. The lowest BCUT2D eigenvalue weighted by Gasteiger charge is -2.29. The molecule has 0 radical (unpaired) electrons. The van der Waals surface area contributed by atoms with Gasteiger partial charge in [-0.2, -0.15) is 0 Å². The van der Waals surface area contributed by atoms with E-state index in [1.165, 1.54) is 23.1 Å². The first kappa shape index (κ1) is 10.6. The van der Waals surface area contributed by atoms with Gasteiger partial charge in [-0.1, -0.05) is 18.2 Å². The molecule has 0 bridgehead atoms. The van der Waals surface area contributed by atoms with Crippen LogP contribution in [-0.4, -0.2) is 11.4 Å². The molecule has 0 N–H and O–H groups in total. The standard InChI is InChI=1S/C15H17NO/c1-12-3-2-4-14-10-16(7-5-15(12)14)9-13-6-8-17-11-13/h2-4,6,8,11H,5,7,9-10H2,1H3. The van der Waals surface area contributed by atoms with Crippen molar-refractivity contribution in [1.82, 2.24) is 4.90 Å². The molecule has 0 saturated carbocycles. The molecule has 0 unspecified atom stereocenters. The van der Waals surface area contributed by atoms with Crippen molar-refractivity contribution in [2.75, 3.05) is 6.54 Å². The fraction of sp³-hybridized carbons (Fsp3) is 0.333. The molecule has 2 aromatic rings. The highest BCUT2D eigenvalue weighted by Gasteiger charge is 2.17. The Kier molecular flexibility index (Phi) is 2.73. The molecule has 17 heavy (non-hydrogen) atoms. The number of furan rings is 1. The van der Waals surface area contributed by atoms with Gasteiger partial charge in [0, 0.05) is 25.2 Å². The zero-order valence-corrected chi connectivity index (χ0v) is 10.1. The maximum atomic E-state index is 5.12. The van der Waals surface area contributed by atoms with E-state index in [1.807, 2.05) is 12.3 Å². The number of benzene rings is 1. The SMILES string of the molecule is Cc1cccc2c1CCN(Cc1ccoc1)C2. The van der Waals surface area contributed by atoms with Gasteiger partial charge in [-0.3, -0.25) is 4.90 Å². The van der Waals surface area contributed by atoms with E-state index in [9.17, 15) is 0 Å². The predicted octanol–water partition coefficient (Wildman–Crippen LogP) is 3.15. The third-order valence-corrected chi connectivity index (χ3v) is 3.57. The summed E-state index contributed by atoms with van der Waals surface area (Å²) in [4.78, 5) is 2.48. The molecular formula is C15H17NO. The molecule has 1 aromatic carbocycles. The first-order chi connectivity index (χ1) is 8.33. The van der Waals surface area contributed by atoms with Crippen LogP contribution in [0.1, 0.15) is 22.3 Å². The second-order valence-electron chi connectivity index (χ2n) is 4.80. The van der Waals surface area contributed by atoms with E-state index >= 15 is 0 Å². The fourth-order valence-corrected chi connectivity index (χ4v) is 2.63. The third kappa shape index (κ3) is 2.13. The monoisotopic (exact) mass is 227 g/mol. The van der Waals surface area contributed by atoms with Gasteiger partial charge in [0.2, 0.25) is 0 Å². The van der Waals surface area contributed by atoms with E-state index in [0.717, 1.165) is 19.6 Å². The maximum absolute atomic E-state index is 5.12. The van der Waals surface area contributed by atoms with Crippen LogP contribution in [-0.2, 0) is 19.5 Å². The van der Waals surface area contributed by atoms with Crippen LogP contribution in [0.25, 0.3) is 0 Å². The van der Waals surface area contributed by atoms with E-state index in [0.29, 0.717) is 0 Å². The van der Waals surface area contributed by atoms with E-state index in [-0.39, 0.29) is 0 Å². The van der Waals surface area contributed by atoms with Gasteiger partial charge in [0.05, 0.1) is 12.5 Å². The number of nitrogens with zero attached hydrogens (tertiary/aromatic N) is 1. The zero-order valence-electron chi connectivity index (χ0n) is 10.1. The van der Waals surface area contributed by atoms with Gasteiger partial charge in [-0.05, 0) is 36.1 Å². The van der Waals surface area contributed by atoms with Gasteiger partial charge in [0.15, 0.2) is 0 Å². The molecule has 0 saturated heterocycles. The molecule has 0 fully saturated rings. The first-order valence-corrected chi connectivity index (χ1v) is 6.14. The molecule has 88 valence electrons. The summed E-state index contributed by atoms with van der Waals surface area (Å²) in [5.74, 6) is 0. The Morgan fingerprint density at radius 2 is 2.24 bits per heavy atom. The number of fused-ring (bicyclic) bond motifs is 1. The van der Waals surface area contributed by atoms with Gasteiger partial charge >= 0.3 is 0 Å². The fourth-order valence-electron chi connectivity index (χ4n) is 2.63. The van der Waals surface area contributed by atoms with Gasteiger partial charge < -0.3 is 4.42 Å². The molecule has 2 heterocycles. The van der Waals surface area contributed by atoms with Crippen molar-refractivity contribution in [2.45, 2.75) is 26.4 Å². The van der Waals surface area contributed by atoms with Crippen LogP contribution in [0.2, 0.25) is 0 Å². The lowest BCUT2D eigenvalue weighted by molar-refractivity contribution is 0.244. The molecular weight excluding hydrogens is 210 g/mol. The Bertz CT molecular complexity index is 502. The topological polar surface area (TPSA) is 16.4 Å². The van der Waals surface area contributed by atoms with Crippen LogP contribution < -0.4 is 0 Å². The minimum Gasteiger partial charge on any atom is -0.472 e. The maximum Gasteiger partial charge on any atom is 0.0947 e. The van der Waals surface area contributed by atoms with Gasteiger partial charge in [0.1, 0.15) is 0 Å². The van der Waals surface area contributed by atoms with E-state index < -0.39 is 0 Å². The summed E-state index contributed by atoms with van der Waals surface area (Å²) in [6, 6.07) is 8.68. The van der Waals surface area contributed by atoms with Crippen molar-refractivity contribution in [1.29, 1.82) is 0 Å². The van der Waals surface area contributed by atoms with Crippen LogP contribution in [0.5, 0.6) is 0 Å². The lowest BCUT2D eigenvalue weighted by Crippen LogP contribution is -2.30. The van der Waals surface area contributed by atoms with Crippen LogP contribution in [0.3, 0.4) is 0 Å². The second-order valence-corrected chi connectivity index (χ2v) is 4.80. The number of rotatable bonds is 2. The molecule has 1 aliphatic rings.